The molecule has 0 radical (unpaired) electrons. The van der Waals surface area contributed by atoms with Crippen LogP contribution in [-0.2, 0) is 20.8 Å². The van der Waals surface area contributed by atoms with Crippen LogP contribution in [0.4, 0.5) is 5.69 Å². The van der Waals surface area contributed by atoms with Gasteiger partial charge in [0.2, 0.25) is 5.91 Å². The number of carbonyl (C=O) groups excluding carboxylic acids is 3. The number of aryl methyl sites for hydroxylation is 1. The minimum Gasteiger partial charge on any atom is -0.329 e. The molecule has 120 valence electrons. The molecule has 1 aromatic carbocycles. The highest BCUT2D eigenvalue weighted by atomic mass is 16.2. The van der Waals surface area contributed by atoms with Crippen molar-refractivity contribution in [1.29, 1.82) is 0 Å². The van der Waals surface area contributed by atoms with Crippen LogP contribution in [0.3, 0.4) is 0 Å². The summed E-state index contributed by atoms with van der Waals surface area (Å²) in [5.41, 5.74) is 7.04. The zero-order valence-corrected chi connectivity index (χ0v) is 13.1. The third-order valence-electron chi connectivity index (χ3n) is 3.20. The minimum absolute atomic E-state index is 0.0253. The third-order valence-corrected chi connectivity index (χ3v) is 3.20. The molecule has 6 heteroatoms. The molecule has 0 spiro atoms. The van der Waals surface area contributed by atoms with Crippen LogP contribution in [-0.4, -0.2) is 35.7 Å². The molecule has 0 heterocycles. The first kappa shape index (κ1) is 17.8. The van der Waals surface area contributed by atoms with Crippen LogP contribution in [0, 0.1) is 0 Å². The van der Waals surface area contributed by atoms with E-state index in [1.807, 2.05) is 12.1 Å². The second-order valence-corrected chi connectivity index (χ2v) is 5.02. The molecule has 1 rings (SSSR count). The average Bonchev–Trinajstić information content (AvgIpc) is 2.51. The number of nitrogens with one attached hydrogen (secondary N) is 1. The lowest BCUT2D eigenvalue weighted by Gasteiger charge is -2.17. The fraction of sp³-hybridized carbons (Fsp3) is 0.438. The molecular formula is C16H23N3O3. The fourth-order valence-electron chi connectivity index (χ4n) is 1.97. The summed E-state index contributed by atoms with van der Waals surface area (Å²) in [6, 6.07) is 7.32. The van der Waals surface area contributed by atoms with E-state index in [1.165, 1.54) is 12.5 Å². The van der Waals surface area contributed by atoms with E-state index < -0.39 is 17.7 Å². The number of nitrogens with two attached hydrogens (primary N) is 1. The summed E-state index contributed by atoms with van der Waals surface area (Å²) in [6.45, 7) is 3.49. The standard InChI is InChI=1S/C16H23N3O3/c1-3-4-5-13-6-8-14(9-7-13)18-15(21)16(22)19(11-10-17)12(2)20/h6-9H,3-5,10-11,17H2,1-2H3,(H,18,21). The Labute approximate surface area is 130 Å². The maximum Gasteiger partial charge on any atom is 0.318 e. The van der Waals surface area contributed by atoms with Gasteiger partial charge in [-0.3, -0.25) is 19.3 Å². The summed E-state index contributed by atoms with van der Waals surface area (Å²) in [6.07, 6.45) is 3.21. The summed E-state index contributed by atoms with van der Waals surface area (Å²) in [5.74, 6) is -2.24. The monoisotopic (exact) mass is 305 g/mol. The van der Waals surface area contributed by atoms with Gasteiger partial charge in [-0.2, -0.15) is 0 Å². The number of anilines is 1. The van der Waals surface area contributed by atoms with Gasteiger partial charge in [-0.1, -0.05) is 25.5 Å². The van der Waals surface area contributed by atoms with Crippen molar-refractivity contribution in [3.63, 3.8) is 0 Å². The molecule has 0 bridgehead atoms. The van der Waals surface area contributed by atoms with Crippen LogP contribution < -0.4 is 11.1 Å². The Morgan fingerprint density at radius 1 is 1.18 bits per heavy atom. The lowest BCUT2D eigenvalue weighted by molar-refractivity contribution is -0.149. The molecule has 0 saturated heterocycles. The molecule has 0 aliphatic carbocycles. The predicted octanol–water partition coefficient (Wildman–Crippen LogP) is 1.30. The number of unbranched alkanes of at least 4 members (excludes halogenated alkanes) is 1. The largest absolute Gasteiger partial charge is 0.329 e. The van der Waals surface area contributed by atoms with Gasteiger partial charge in [0.25, 0.3) is 0 Å². The predicted molar refractivity (Wildman–Crippen MR) is 85.1 cm³/mol. The summed E-state index contributed by atoms with van der Waals surface area (Å²) >= 11 is 0. The molecule has 0 aromatic heterocycles. The molecule has 0 unspecified atom stereocenters. The molecule has 0 atom stereocenters. The van der Waals surface area contributed by atoms with E-state index in [4.69, 9.17) is 5.73 Å². The Morgan fingerprint density at radius 3 is 2.32 bits per heavy atom. The van der Waals surface area contributed by atoms with Crippen LogP contribution >= 0.6 is 0 Å². The van der Waals surface area contributed by atoms with Crippen LogP contribution in [0.1, 0.15) is 32.3 Å². The summed E-state index contributed by atoms with van der Waals surface area (Å²) in [4.78, 5) is 36.0. The van der Waals surface area contributed by atoms with Gasteiger partial charge in [-0.25, -0.2) is 0 Å². The van der Waals surface area contributed by atoms with Gasteiger partial charge in [-0.05, 0) is 30.5 Å². The van der Waals surface area contributed by atoms with Crippen molar-refractivity contribution >= 4 is 23.4 Å². The van der Waals surface area contributed by atoms with Crippen molar-refractivity contribution in [2.24, 2.45) is 5.73 Å². The Balaban J connectivity index is 2.67. The van der Waals surface area contributed by atoms with Gasteiger partial charge in [-0.15, -0.1) is 0 Å². The smallest absolute Gasteiger partial charge is 0.318 e. The maximum absolute atomic E-state index is 11.9. The van der Waals surface area contributed by atoms with E-state index in [0.717, 1.165) is 24.2 Å². The highest BCUT2D eigenvalue weighted by molar-refractivity contribution is 6.41. The Bertz CT molecular complexity index is 526. The lowest BCUT2D eigenvalue weighted by atomic mass is 10.1. The van der Waals surface area contributed by atoms with Gasteiger partial charge in [0.15, 0.2) is 0 Å². The second kappa shape index (κ2) is 8.94. The van der Waals surface area contributed by atoms with E-state index in [9.17, 15) is 14.4 Å². The molecule has 0 saturated carbocycles. The molecular weight excluding hydrogens is 282 g/mol. The number of rotatable bonds is 6. The highest BCUT2D eigenvalue weighted by Crippen LogP contribution is 2.12. The fourth-order valence-corrected chi connectivity index (χ4v) is 1.97. The van der Waals surface area contributed by atoms with Gasteiger partial charge < -0.3 is 11.1 Å². The maximum atomic E-state index is 11.9. The molecule has 3 amide bonds. The van der Waals surface area contributed by atoms with Crippen molar-refractivity contribution in [1.82, 2.24) is 4.90 Å². The SMILES string of the molecule is CCCCc1ccc(NC(=O)C(=O)N(CCN)C(C)=O)cc1. The first-order valence-electron chi connectivity index (χ1n) is 7.42. The minimum atomic E-state index is -0.895. The van der Waals surface area contributed by atoms with Crippen molar-refractivity contribution < 1.29 is 14.4 Å². The van der Waals surface area contributed by atoms with Crippen LogP contribution in [0.15, 0.2) is 24.3 Å². The topological polar surface area (TPSA) is 92.5 Å². The normalized spacial score (nSPS) is 10.1. The van der Waals surface area contributed by atoms with Crippen molar-refractivity contribution in [3.8, 4) is 0 Å². The van der Waals surface area contributed by atoms with E-state index in [1.54, 1.807) is 12.1 Å². The van der Waals surface area contributed by atoms with E-state index in [2.05, 4.69) is 12.2 Å². The number of amides is 3. The molecule has 6 nitrogen and oxygen atoms in total. The summed E-state index contributed by atoms with van der Waals surface area (Å²) in [7, 11) is 0. The zero-order chi connectivity index (χ0) is 16.5. The Morgan fingerprint density at radius 2 is 1.82 bits per heavy atom. The summed E-state index contributed by atoms with van der Waals surface area (Å²) < 4.78 is 0. The number of imide groups is 1. The average molecular weight is 305 g/mol. The van der Waals surface area contributed by atoms with Crippen LogP contribution in [0.2, 0.25) is 0 Å². The zero-order valence-electron chi connectivity index (χ0n) is 13.1. The molecule has 0 fully saturated rings. The van der Waals surface area contributed by atoms with E-state index >= 15 is 0 Å². The van der Waals surface area contributed by atoms with Gasteiger partial charge in [0.05, 0.1) is 0 Å². The Hall–Kier alpha value is -2.21. The molecule has 22 heavy (non-hydrogen) atoms. The number of benzene rings is 1. The van der Waals surface area contributed by atoms with Crippen LogP contribution in [0.25, 0.3) is 0 Å². The first-order valence-corrected chi connectivity index (χ1v) is 7.42. The Kier molecular flexibility index (Phi) is 7.25. The number of hydrogen-bond acceptors (Lipinski definition) is 4. The van der Waals surface area contributed by atoms with Crippen molar-refractivity contribution in [3.05, 3.63) is 29.8 Å². The number of carbonyl (C=O) groups is 3. The lowest BCUT2D eigenvalue weighted by Crippen LogP contribution is -2.44. The second-order valence-electron chi connectivity index (χ2n) is 5.02. The molecule has 3 N–H and O–H groups in total. The van der Waals surface area contributed by atoms with E-state index in [-0.39, 0.29) is 13.1 Å². The first-order chi connectivity index (χ1) is 10.5. The van der Waals surface area contributed by atoms with Gasteiger partial charge in [0.1, 0.15) is 0 Å². The van der Waals surface area contributed by atoms with Gasteiger partial charge >= 0.3 is 11.8 Å². The number of hydrogen-bond donors (Lipinski definition) is 2. The quantitative estimate of drug-likeness (QED) is 0.775. The van der Waals surface area contributed by atoms with Crippen molar-refractivity contribution in [2.45, 2.75) is 33.1 Å². The number of nitrogens with zero attached hydrogens (tertiary/aromatic N) is 1. The van der Waals surface area contributed by atoms with Gasteiger partial charge in [0, 0.05) is 25.7 Å². The molecule has 0 aliphatic rings. The molecule has 1 aromatic rings. The van der Waals surface area contributed by atoms with Crippen LogP contribution in [0.5, 0.6) is 0 Å². The summed E-state index contributed by atoms with van der Waals surface area (Å²) in [5, 5.41) is 2.50. The van der Waals surface area contributed by atoms with Crippen molar-refractivity contribution in [2.75, 3.05) is 18.4 Å². The molecule has 0 aliphatic heterocycles. The van der Waals surface area contributed by atoms with E-state index in [0.29, 0.717) is 5.69 Å². The third kappa shape index (κ3) is 5.29. The highest BCUT2D eigenvalue weighted by Gasteiger charge is 2.24.